The van der Waals surface area contributed by atoms with Crippen molar-refractivity contribution in [3.05, 3.63) is 64.8 Å². The van der Waals surface area contributed by atoms with E-state index in [-0.39, 0.29) is 5.91 Å². The van der Waals surface area contributed by atoms with E-state index in [4.69, 9.17) is 9.47 Å². The van der Waals surface area contributed by atoms with Crippen molar-refractivity contribution in [2.45, 2.75) is 20.4 Å². The largest absolute Gasteiger partial charge is 0.497 e. The third-order valence-corrected chi connectivity index (χ3v) is 4.64. The van der Waals surface area contributed by atoms with Gasteiger partial charge in [-0.15, -0.1) is 0 Å². The van der Waals surface area contributed by atoms with Crippen LogP contribution in [0.4, 0.5) is 0 Å². The molecular formula is C22H24N2O3. The van der Waals surface area contributed by atoms with Gasteiger partial charge in [-0.2, -0.15) is 0 Å². The number of aromatic nitrogens is 1. The summed E-state index contributed by atoms with van der Waals surface area (Å²) >= 11 is 0. The Balaban J connectivity index is 1.91. The van der Waals surface area contributed by atoms with Crippen LogP contribution in [-0.4, -0.2) is 37.1 Å². The van der Waals surface area contributed by atoms with Gasteiger partial charge >= 0.3 is 0 Å². The van der Waals surface area contributed by atoms with Gasteiger partial charge in [0.2, 0.25) is 0 Å². The Kier molecular flexibility index (Phi) is 5.31. The highest BCUT2D eigenvalue weighted by Gasteiger charge is 2.18. The number of hydrogen-bond acceptors (Lipinski definition) is 4. The monoisotopic (exact) mass is 364 g/mol. The van der Waals surface area contributed by atoms with Crippen LogP contribution in [0.2, 0.25) is 0 Å². The summed E-state index contributed by atoms with van der Waals surface area (Å²) in [5, 5.41) is 0.909. The van der Waals surface area contributed by atoms with Gasteiger partial charge in [-0.25, -0.2) is 0 Å². The summed E-state index contributed by atoms with van der Waals surface area (Å²) < 4.78 is 10.7. The Morgan fingerprint density at radius 1 is 1.04 bits per heavy atom. The number of benzene rings is 2. The molecule has 0 bridgehead atoms. The molecule has 27 heavy (non-hydrogen) atoms. The number of aryl methyl sites for hydroxylation is 2. The average Bonchev–Trinajstić information content (AvgIpc) is 2.66. The molecule has 0 atom stereocenters. The van der Waals surface area contributed by atoms with Crippen molar-refractivity contribution >= 4 is 16.8 Å². The van der Waals surface area contributed by atoms with Crippen molar-refractivity contribution < 1.29 is 14.3 Å². The lowest BCUT2D eigenvalue weighted by molar-refractivity contribution is 0.0783. The second kappa shape index (κ2) is 7.66. The molecule has 2 aromatic carbocycles. The molecule has 0 spiro atoms. The van der Waals surface area contributed by atoms with Gasteiger partial charge in [0.15, 0.2) is 0 Å². The molecular weight excluding hydrogens is 340 g/mol. The van der Waals surface area contributed by atoms with E-state index in [2.05, 4.69) is 4.98 Å². The van der Waals surface area contributed by atoms with E-state index in [9.17, 15) is 4.79 Å². The van der Waals surface area contributed by atoms with Crippen LogP contribution in [0.15, 0.2) is 42.5 Å². The number of carbonyl (C=O) groups is 1. The topological polar surface area (TPSA) is 51.7 Å². The first-order valence-corrected chi connectivity index (χ1v) is 8.77. The van der Waals surface area contributed by atoms with Crippen molar-refractivity contribution in [2.75, 3.05) is 21.3 Å². The van der Waals surface area contributed by atoms with E-state index >= 15 is 0 Å². The second-order valence-electron chi connectivity index (χ2n) is 6.66. The lowest BCUT2D eigenvalue weighted by Crippen LogP contribution is -2.27. The molecule has 3 rings (SSSR count). The lowest BCUT2D eigenvalue weighted by atomic mass is 10.1. The number of methoxy groups -OCH3 is 2. The zero-order valence-electron chi connectivity index (χ0n) is 16.4. The highest BCUT2D eigenvalue weighted by Crippen LogP contribution is 2.24. The smallest absolute Gasteiger partial charge is 0.255 e. The maximum atomic E-state index is 13.0. The molecule has 0 saturated heterocycles. The molecule has 0 fully saturated rings. The van der Waals surface area contributed by atoms with E-state index in [0.29, 0.717) is 17.8 Å². The first-order valence-electron chi connectivity index (χ1n) is 8.77. The van der Waals surface area contributed by atoms with Crippen molar-refractivity contribution in [3.63, 3.8) is 0 Å². The van der Waals surface area contributed by atoms with E-state index in [1.807, 2.05) is 56.3 Å². The molecule has 0 unspecified atom stereocenters. The molecule has 140 valence electrons. The van der Waals surface area contributed by atoms with Gasteiger partial charge in [0.05, 0.1) is 31.0 Å². The van der Waals surface area contributed by atoms with Crippen LogP contribution in [0.25, 0.3) is 10.9 Å². The van der Waals surface area contributed by atoms with Gasteiger partial charge in [-0.1, -0.05) is 17.7 Å². The molecule has 1 aromatic heterocycles. The Morgan fingerprint density at radius 2 is 1.81 bits per heavy atom. The summed E-state index contributed by atoms with van der Waals surface area (Å²) in [6.45, 7) is 4.34. The van der Waals surface area contributed by atoms with Crippen LogP contribution in [0.5, 0.6) is 11.5 Å². The summed E-state index contributed by atoms with van der Waals surface area (Å²) in [7, 11) is 5.06. The summed E-state index contributed by atoms with van der Waals surface area (Å²) in [6.07, 6.45) is 0. The molecule has 5 nitrogen and oxygen atoms in total. The summed E-state index contributed by atoms with van der Waals surface area (Å²) in [5.74, 6) is 1.46. The minimum absolute atomic E-state index is 0.0683. The van der Waals surface area contributed by atoms with Crippen LogP contribution < -0.4 is 9.47 Å². The zero-order chi connectivity index (χ0) is 19.6. The van der Waals surface area contributed by atoms with Crippen LogP contribution >= 0.6 is 0 Å². The number of ether oxygens (including phenoxy) is 2. The molecule has 0 saturated carbocycles. The van der Waals surface area contributed by atoms with Crippen molar-refractivity contribution in [1.82, 2.24) is 9.88 Å². The molecule has 1 heterocycles. The number of carbonyl (C=O) groups excluding carboxylic acids is 1. The highest BCUT2D eigenvalue weighted by molar-refractivity contribution is 5.98. The molecule has 1 amide bonds. The predicted molar refractivity (Wildman–Crippen MR) is 107 cm³/mol. The number of pyridine rings is 1. The van der Waals surface area contributed by atoms with Gasteiger partial charge in [-0.05, 0) is 38.1 Å². The first-order chi connectivity index (χ1) is 12.9. The van der Waals surface area contributed by atoms with Gasteiger partial charge in [0.1, 0.15) is 11.5 Å². The number of fused-ring (bicyclic) bond motifs is 1. The van der Waals surface area contributed by atoms with E-state index in [0.717, 1.165) is 33.5 Å². The summed E-state index contributed by atoms with van der Waals surface area (Å²) in [5.41, 5.74) is 4.21. The minimum Gasteiger partial charge on any atom is -0.497 e. The van der Waals surface area contributed by atoms with Crippen molar-refractivity contribution in [3.8, 4) is 11.5 Å². The van der Waals surface area contributed by atoms with Crippen molar-refractivity contribution in [2.24, 2.45) is 0 Å². The number of rotatable bonds is 5. The van der Waals surface area contributed by atoms with E-state index in [1.54, 1.807) is 26.2 Å². The fourth-order valence-corrected chi connectivity index (χ4v) is 3.15. The standard InChI is InChI=1S/C22H24N2O3/c1-14-6-9-21(27-5)17(10-14)13-24(3)22(25)19-11-16-7-8-18(26-4)12-20(16)23-15(19)2/h6-12H,13H2,1-5H3. The Labute approximate surface area is 159 Å². The van der Waals surface area contributed by atoms with Crippen LogP contribution in [0.1, 0.15) is 27.2 Å². The van der Waals surface area contributed by atoms with E-state index < -0.39 is 0 Å². The minimum atomic E-state index is -0.0683. The fraction of sp³-hybridized carbons (Fsp3) is 0.273. The second-order valence-corrected chi connectivity index (χ2v) is 6.66. The lowest BCUT2D eigenvalue weighted by Gasteiger charge is -2.20. The van der Waals surface area contributed by atoms with Gasteiger partial charge in [-0.3, -0.25) is 9.78 Å². The number of nitrogens with zero attached hydrogens (tertiary/aromatic N) is 2. The Hall–Kier alpha value is -3.08. The summed E-state index contributed by atoms with van der Waals surface area (Å²) in [6, 6.07) is 13.5. The van der Waals surface area contributed by atoms with Crippen LogP contribution in [0, 0.1) is 13.8 Å². The quantitative estimate of drug-likeness (QED) is 0.683. The molecule has 0 aliphatic carbocycles. The van der Waals surface area contributed by atoms with Gasteiger partial charge in [0.25, 0.3) is 5.91 Å². The maximum absolute atomic E-state index is 13.0. The van der Waals surface area contributed by atoms with E-state index in [1.165, 1.54) is 0 Å². The molecule has 0 aliphatic heterocycles. The normalized spacial score (nSPS) is 10.7. The molecule has 0 aliphatic rings. The number of amides is 1. The highest BCUT2D eigenvalue weighted by atomic mass is 16.5. The van der Waals surface area contributed by atoms with Gasteiger partial charge in [0, 0.05) is 30.6 Å². The Bertz CT molecular complexity index is 998. The fourth-order valence-electron chi connectivity index (χ4n) is 3.15. The zero-order valence-corrected chi connectivity index (χ0v) is 16.4. The van der Waals surface area contributed by atoms with Crippen LogP contribution in [0.3, 0.4) is 0 Å². The summed E-state index contributed by atoms with van der Waals surface area (Å²) in [4.78, 5) is 19.3. The SMILES string of the molecule is COc1ccc2cc(C(=O)N(C)Cc3cc(C)ccc3OC)c(C)nc2c1. The molecule has 0 N–H and O–H groups in total. The maximum Gasteiger partial charge on any atom is 0.255 e. The van der Waals surface area contributed by atoms with Crippen molar-refractivity contribution in [1.29, 1.82) is 0 Å². The Morgan fingerprint density at radius 3 is 2.52 bits per heavy atom. The first kappa shape index (κ1) is 18.7. The molecule has 3 aromatic rings. The molecule has 5 heteroatoms. The third kappa shape index (κ3) is 3.87. The predicted octanol–water partition coefficient (Wildman–Crippen LogP) is 4.14. The molecule has 0 radical (unpaired) electrons. The number of hydrogen-bond donors (Lipinski definition) is 0. The van der Waals surface area contributed by atoms with Gasteiger partial charge < -0.3 is 14.4 Å². The average molecular weight is 364 g/mol. The third-order valence-electron chi connectivity index (χ3n) is 4.64. The van der Waals surface area contributed by atoms with Crippen LogP contribution in [-0.2, 0) is 6.54 Å².